The van der Waals surface area contributed by atoms with E-state index < -0.39 is 22.2 Å². The number of nitrogens with zero attached hydrogens (tertiary/aromatic N) is 2. The van der Waals surface area contributed by atoms with Crippen molar-refractivity contribution in [2.24, 2.45) is 0 Å². The Morgan fingerprint density at radius 2 is 1.88 bits per heavy atom. The molecule has 2 rings (SSSR count). The maximum Gasteiger partial charge on any atom is 0.242 e. The van der Waals surface area contributed by atoms with Gasteiger partial charge in [0.25, 0.3) is 0 Å². The molecule has 2 aromatic rings. The van der Waals surface area contributed by atoms with Crippen LogP contribution in [-0.2, 0) is 15.6 Å². The molecule has 1 atom stereocenters. The molecule has 0 aliphatic heterocycles. The van der Waals surface area contributed by atoms with Crippen molar-refractivity contribution in [3.63, 3.8) is 0 Å². The summed E-state index contributed by atoms with van der Waals surface area (Å²) in [5.41, 5.74) is -1.16. The summed E-state index contributed by atoms with van der Waals surface area (Å²) < 4.78 is 26.2. The van der Waals surface area contributed by atoms with Crippen LogP contribution in [0.25, 0.3) is 0 Å². The molecule has 8 heteroatoms. The minimum atomic E-state index is -3.91. The van der Waals surface area contributed by atoms with Crippen molar-refractivity contribution in [3.8, 4) is 6.07 Å². The Balaban J connectivity index is 2.31. The highest BCUT2D eigenvalue weighted by Crippen LogP contribution is 2.26. The molecule has 0 amide bonds. The van der Waals surface area contributed by atoms with Gasteiger partial charge in [-0.25, -0.2) is 8.42 Å². The molecule has 25 heavy (non-hydrogen) atoms. The fraction of sp³-hybridized carbons (Fsp3) is 0.235. The summed E-state index contributed by atoms with van der Waals surface area (Å²) in [7, 11) is -2.60. The highest BCUT2D eigenvalue weighted by molar-refractivity contribution is 7.89. The Morgan fingerprint density at radius 1 is 1.24 bits per heavy atom. The quantitative estimate of drug-likeness (QED) is 0.794. The number of halogens is 1. The molecule has 1 unspecified atom stereocenters. The van der Waals surface area contributed by atoms with E-state index in [4.69, 9.17) is 16.9 Å². The lowest BCUT2D eigenvalue weighted by atomic mass is 9.95. The Morgan fingerprint density at radius 3 is 2.40 bits per heavy atom. The molecule has 0 aromatic heterocycles. The van der Waals surface area contributed by atoms with Gasteiger partial charge in [-0.15, -0.1) is 0 Å². The van der Waals surface area contributed by atoms with Gasteiger partial charge in [0.1, 0.15) is 5.60 Å². The molecule has 0 saturated heterocycles. The van der Waals surface area contributed by atoms with E-state index in [1.165, 1.54) is 37.4 Å². The van der Waals surface area contributed by atoms with Crippen molar-refractivity contribution in [1.82, 2.24) is 4.31 Å². The number of aliphatic hydroxyl groups is 2. The van der Waals surface area contributed by atoms with Crippen molar-refractivity contribution in [2.45, 2.75) is 10.5 Å². The van der Waals surface area contributed by atoms with Crippen molar-refractivity contribution in [1.29, 1.82) is 5.26 Å². The van der Waals surface area contributed by atoms with E-state index in [1.54, 1.807) is 18.2 Å². The lowest BCUT2D eigenvalue weighted by Gasteiger charge is -2.31. The Labute approximate surface area is 151 Å². The van der Waals surface area contributed by atoms with Crippen LogP contribution in [0.4, 0.5) is 0 Å². The molecule has 0 spiro atoms. The Kier molecular flexibility index (Phi) is 5.83. The van der Waals surface area contributed by atoms with Crippen molar-refractivity contribution in [2.75, 3.05) is 20.2 Å². The third-order valence-electron chi connectivity index (χ3n) is 3.80. The second kappa shape index (κ2) is 7.52. The monoisotopic (exact) mass is 380 g/mol. The van der Waals surface area contributed by atoms with E-state index in [0.717, 1.165) is 4.31 Å². The van der Waals surface area contributed by atoms with E-state index in [2.05, 4.69) is 0 Å². The second-order valence-electron chi connectivity index (χ2n) is 5.60. The Hall–Kier alpha value is -1.95. The molecular formula is C17H17ClN2O4S. The highest BCUT2D eigenvalue weighted by Gasteiger charge is 2.34. The van der Waals surface area contributed by atoms with Gasteiger partial charge >= 0.3 is 0 Å². The lowest BCUT2D eigenvalue weighted by molar-refractivity contribution is -0.0287. The molecule has 0 bridgehead atoms. The molecular weight excluding hydrogens is 364 g/mol. The number of nitriles is 1. The second-order valence-corrected chi connectivity index (χ2v) is 8.08. The van der Waals surface area contributed by atoms with Gasteiger partial charge < -0.3 is 10.2 Å². The third-order valence-corrected chi connectivity index (χ3v) is 5.85. The number of sulfonamides is 1. The predicted molar refractivity (Wildman–Crippen MR) is 93.4 cm³/mol. The van der Waals surface area contributed by atoms with Gasteiger partial charge in [0.15, 0.2) is 0 Å². The number of likely N-dealkylation sites (N-methyl/N-ethyl adjacent to an activating group) is 1. The van der Waals surface area contributed by atoms with Gasteiger partial charge in [0, 0.05) is 18.6 Å². The molecule has 0 aliphatic carbocycles. The minimum absolute atomic E-state index is 0.0135. The Bertz CT molecular complexity index is 894. The number of aliphatic hydroxyl groups excluding tert-OH is 1. The number of rotatable bonds is 6. The zero-order chi connectivity index (χ0) is 18.7. The molecule has 0 fully saturated rings. The van der Waals surface area contributed by atoms with Crippen molar-refractivity contribution < 1.29 is 18.6 Å². The normalized spacial score (nSPS) is 14.1. The van der Waals surface area contributed by atoms with Gasteiger partial charge in [-0.1, -0.05) is 23.7 Å². The number of hydrogen-bond donors (Lipinski definition) is 2. The minimum Gasteiger partial charge on any atom is -0.393 e. The summed E-state index contributed by atoms with van der Waals surface area (Å²) in [6, 6.07) is 13.6. The van der Waals surface area contributed by atoms with Gasteiger partial charge in [-0.2, -0.15) is 9.57 Å². The van der Waals surface area contributed by atoms with E-state index in [1.807, 2.05) is 6.07 Å². The lowest BCUT2D eigenvalue weighted by Crippen LogP contribution is -2.44. The van der Waals surface area contributed by atoms with E-state index in [-0.39, 0.29) is 11.4 Å². The summed E-state index contributed by atoms with van der Waals surface area (Å²) in [6.45, 7) is -1.05. The SMILES string of the molecule is CN(CC(O)(CO)c1cccc(Cl)c1)S(=O)(=O)c1ccc(C#N)cc1. The van der Waals surface area contributed by atoms with Crippen molar-refractivity contribution in [3.05, 3.63) is 64.7 Å². The molecule has 0 heterocycles. The predicted octanol–water partition coefficient (Wildman–Crippen LogP) is 1.71. The zero-order valence-corrected chi connectivity index (χ0v) is 15.0. The van der Waals surface area contributed by atoms with Crippen LogP contribution in [0.5, 0.6) is 0 Å². The fourth-order valence-electron chi connectivity index (χ4n) is 2.35. The molecule has 6 nitrogen and oxygen atoms in total. The van der Waals surface area contributed by atoms with Crippen LogP contribution >= 0.6 is 11.6 Å². The van der Waals surface area contributed by atoms with Crippen LogP contribution in [0.3, 0.4) is 0 Å². The maximum absolute atomic E-state index is 12.6. The molecule has 0 radical (unpaired) electrons. The summed E-state index contributed by atoms with van der Waals surface area (Å²) >= 11 is 5.91. The number of benzene rings is 2. The molecule has 132 valence electrons. The average Bonchev–Trinajstić information content (AvgIpc) is 2.61. The summed E-state index contributed by atoms with van der Waals surface area (Å²) in [5, 5.41) is 29.5. The van der Waals surface area contributed by atoms with Crippen molar-refractivity contribution >= 4 is 21.6 Å². The zero-order valence-electron chi connectivity index (χ0n) is 13.4. The fourth-order valence-corrected chi connectivity index (χ4v) is 3.76. The van der Waals surface area contributed by atoms with Gasteiger partial charge in [0.05, 0.1) is 23.1 Å². The number of hydrogen-bond acceptors (Lipinski definition) is 5. The van der Waals surface area contributed by atoms with Gasteiger partial charge in [0.2, 0.25) is 10.0 Å². The average molecular weight is 381 g/mol. The van der Waals surface area contributed by atoms with Crippen LogP contribution in [0.1, 0.15) is 11.1 Å². The first kappa shape index (κ1) is 19.4. The summed E-state index contributed by atoms with van der Waals surface area (Å²) in [4.78, 5) is -0.0135. The highest BCUT2D eigenvalue weighted by atomic mass is 35.5. The molecule has 2 N–H and O–H groups in total. The summed E-state index contributed by atoms with van der Waals surface area (Å²) in [6.07, 6.45) is 0. The first-order valence-electron chi connectivity index (χ1n) is 7.29. The molecule has 2 aromatic carbocycles. The first-order chi connectivity index (χ1) is 11.7. The van der Waals surface area contributed by atoms with Crippen LogP contribution < -0.4 is 0 Å². The van der Waals surface area contributed by atoms with Crippen LogP contribution in [0, 0.1) is 11.3 Å². The van der Waals surface area contributed by atoms with Gasteiger partial charge in [-0.3, -0.25) is 0 Å². The van der Waals surface area contributed by atoms with Gasteiger partial charge in [-0.05, 0) is 42.0 Å². The third kappa shape index (κ3) is 4.18. The first-order valence-corrected chi connectivity index (χ1v) is 9.10. The smallest absolute Gasteiger partial charge is 0.242 e. The van der Waals surface area contributed by atoms with Crippen LogP contribution in [0.2, 0.25) is 5.02 Å². The maximum atomic E-state index is 12.6. The molecule has 0 saturated carbocycles. The van der Waals surface area contributed by atoms with Crippen LogP contribution in [0.15, 0.2) is 53.4 Å². The summed E-state index contributed by atoms with van der Waals surface area (Å²) in [5.74, 6) is 0. The largest absolute Gasteiger partial charge is 0.393 e. The van der Waals surface area contributed by atoms with E-state index >= 15 is 0 Å². The van der Waals surface area contributed by atoms with E-state index in [0.29, 0.717) is 16.1 Å². The topological polar surface area (TPSA) is 102 Å². The standard InChI is InChI=1S/C17H17ClN2O4S/c1-20(25(23,24)16-7-5-13(10-19)6-8-16)11-17(22,12-21)14-3-2-4-15(18)9-14/h2-9,21-22H,11-12H2,1H3. The molecule has 0 aliphatic rings. The van der Waals surface area contributed by atoms with Crippen LogP contribution in [-0.4, -0.2) is 43.1 Å². The van der Waals surface area contributed by atoms with E-state index in [9.17, 15) is 18.6 Å².